The Morgan fingerprint density at radius 3 is 2.77 bits per heavy atom. The second kappa shape index (κ2) is 8.79. The van der Waals surface area contributed by atoms with Crippen LogP contribution in [0.4, 0.5) is 0 Å². The lowest BCUT2D eigenvalue weighted by atomic mass is 9.98. The van der Waals surface area contributed by atoms with Crippen molar-refractivity contribution in [1.82, 2.24) is 10.3 Å². The average Bonchev–Trinajstić information content (AvgIpc) is 3.32. The van der Waals surface area contributed by atoms with Crippen molar-refractivity contribution in [3.63, 3.8) is 0 Å². The molecule has 1 heterocycles. The molecule has 0 bridgehead atoms. The highest BCUT2D eigenvalue weighted by Crippen LogP contribution is 2.48. The molecule has 1 saturated carbocycles. The van der Waals surface area contributed by atoms with E-state index in [1.807, 2.05) is 0 Å². The Balaban J connectivity index is 1.63. The number of allylic oxidation sites excluding steroid dienone is 2. The summed E-state index contributed by atoms with van der Waals surface area (Å²) in [6.07, 6.45) is 11.9. The zero-order valence-corrected chi connectivity index (χ0v) is 17.0. The summed E-state index contributed by atoms with van der Waals surface area (Å²) in [6, 6.07) is 9.22. The van der Waals surface area contributed by atoms with Crippen molar-refractivity contribution in [3.8, 4) is 0 Å². The summed E-state index contributed by atoms with van der Waals surface area (Å²) >= 11 is 0. The molecular weight excluding hydrogens is 316 g/mol. The molecule has 0 amide bonds. The van der Waals surface area contributed by atoms with Crippen LogP contribution >= 0.6 is 0 Å². The molecule has 1 aliphatic carbocycles. The number of para-hydroxylation sites is 1. The van der Waals surface area contributed by atoms with Crippen molar-refractivity contribution in [2.24, 2.45) is 17.8 Å². The minimum absolute atomic E-state index is 0.608. The second-order valence-corrected chi connectivity index (χ2v) is 8.20. The van der Waals surface area contributed by atoms with E-state index in [9.17, 15) is 0 Å². The molecule has 1 aromatic heterocycles. The van der Waals surface area contributed by atoms with Gasteiger partial charge in [-0.3, -0.25) is 0 Å². The van der Waals surface area contributed by atoms with Crippen molar-refractivity contribution >= 4 is 10.9 Å². The van der Waals surface area contributed by atoms with Crippen LogP contribution in [-0.4, -0.2) is 11.0 Å². The van der Waals surface area contributed by atoms with E-state index < -0.39 is 0 Å². The molecule has 2 nitrogen and oxygen atoms in total. The van der Waals surface area contributed by atoms with Gasteiger partial charge in [0.2, 0.25) is 0 Å². The Morgan fingerprint density at radius 2 is 2.04 bits per heavy atom. The lowest BCUT2D eigenvalue weighted by Gasteiger charge is -2.21. The lowest BCUT2D eigenvalue weighted by Crippen LogP contribution is -2.29. The molecule has 1 aliphatic rings. The molecule has 1 fully saturated rings. The van der Waals surface area contributed by atoms with E-state index >= 15 is 0 Å². The van der Waals surface area contributed by atoms with Gasteiger partial charge in [-0.15, -0.1) is 0 Å². The maximum absolute atomic E-state index is 3.90. The highest BCUT2D eigenvalue weighted by Gasteiger charge is 2.40. The van der Waals surface area contributed by atoms with Crippen molar-refractivity contribution < 1.29 is 0 Å². The predicted octanol–water partition coefficient (Wildman–Crippen LogP) is 6.44. The maximum atomic E-state index is 3.90. The number of benzene rings is 1. The number of aromatic nitrogens is 1. The first kappa shape index (κ1) is 19.1. The minimum atomic E-state index is 0.608. The van der Waals surface area contributed by atoms with Crippen molar-refractivity contribution in [1.29, 1.82) is 0 Å². The molecule has 0 spiro atoms. The molecule has 0 aliphatic heterocycles. The number of nitrogens with one attached hydrogen (secondary N) is 2. The number of hydrogen-bond acceptors (Lipinski definition) is 1. The Morgan fingerprint density at radius 1 is 1.23 bits per heavy atom. The van der Waals surface area contributed by atoms with Crippen LogP contribution in [0.1, 0.15) is 65.4 Å². The summed E-state index contributed by atoms with van der Waals surface area (Å²) < 4.78 is 0. The van der Waals surface area contributed by atoms with Gasteiger partial charge in [-0.25, -0.2) is 0 Å². The SMILES string of the molecule is CC/C=C(\Cc1c[nH]c2ccccc12)NC(CC)CC1CC1C(C)CC. The number of H-pyrrole nitrogens is 1. The van der Waals surface area contributed by atoms with Gasteiger partial charge >= 0.3 is 0 Å². The minimum Gasteiger partial charge on any atom is -0.386 e. The third-order valence-corrected chi connectivity index (χ3v) is 6.33. The van der Waals surface area contributed by atoms with Gasteiger partial charge in [0.1, 0.15) is 0 Å². The molecular formula is C24H36N2. The van der Waals surface area contributed by atoms with Crippen LogP contribution in [0.2, 0.25) is 0 Å². The molecule has 4 atom stereocenters. The van der Waals surface area contributed by atoms with Crippen LogP contribution in [0.3, 0.4) is 0 Å². The molecule has 2 heteroatoms. The zero-order valence-electron chi connectivity index (χ0n) is 17.0. The van der Waals surface area contributed by atoms with Crippen LogP contribution < -0.4 is 5.32 Å². The third kappa shape index (κ3) is 4.52. The summed E-state index contributed by atoms with van der Waals surface area (Å²) in [5.74, 6) is 2.82. The number of hydrogen-bond donors (Lipinski definition) is 2. The molecule has 142 valence electrons. The Hall–Kier alpha value is -1.70. The summed E-state index contributed by atoms with van der Waals surface area (Å²) in [7, 11) is 0. The quantitative estimate of drug-likeness (QED) is 0.505. The average molecular weight is 353 g/mol. The van der Waals surface area contributed by atoms with Crippen LogP contribution in [0, 0.1) is 17.8 Å². The van der Waals surface area contributed by atoms with Crippen LogP contribution in [0.25, 0.3) is 10.9 Å². The van der Waals surface area contributed by atoms with Crippen molar-refractivity contribution in [2.75, 3.05) is 0 Å². The molecule has 3 rings (SSSR count). The summed E-state index contributed by atoms with van der Waals surface area (Å²) in [5.41, 5.74) is 4.02. The van der Waals surface area contributed by atoms with Crippen molar-refractivity contribution in [3.05, 3.63) is 47.8 Å². The Bertz CT molecular complexity index is 727. The van der Waals surface area contributed by atoms with E-state index in [-0.39, 0.29) is 0 Å². The van der Waals surface area contributed by atoms with Crippen LogP contribution in [0.5, 0.6) is 0 Å². The summed E-state index contributed by atoms with van der Waals surface area (Å²) in [5, 5.41) is 5.25. The number of rotatable bonds is 10. The van der Waals surface area contributed by atoms with Crippen molar-refractivity contribution in [2.45, 2.75) is 72.3 Å². The fraction of sp³-hybridized carbons (Fsp3) is 0.583. The summed E-state index contributed by atoms with van der Waals surface area (Å²) in [4.78, 5) is 3.41. The topological polar surface area (TPSA) is 27.8 Å². The fourth-order valence-corrected chi connectivity index (χ4v) is 4.41. The Kier molecular flexibility index (Phi) is 6.45. The highest BCUT2D eigenvalue weighted by molar-refractivity contribution is 5.83. The van der Waals surface area contributed by atoms with Gasteiger partial charge < -0.3 is 10.3 Å². The van der Waals surface area contributed by atoms with Crippen LogP contribution in [-0.2, 0) is 6.42 Å². The summed E-state index contributed by atoms with van der Waals surface area (Å²) in [6.45, 7) is 9.32. The fourth-order valence-electron chi connectivity index (χ4n) is 4.41. The molecule has 2 N–H and O–H groups in total. The number of fused-ring (bicyclic) bond motifs is 1. The first-order valence-electron chi connectivity index (χ1n) is 10.7. The maximum Gasteiger partial charge on any atom is 0.0456 e. The lowest BCUT2D eigenvalue weighted by molar-refractivity contribution is 0.411. The number of aromatic amines is 1. The molecule has 1 aromatic carbocycles. The van der Waals surface area contributed by atoms with Gasteiger partial charge in [0.05, 0.1) is 0 Å². The monoisotopic (exact) mass is 352 g/mol. The predicted molar refractivity (Wildman–Crippen MR) is 113 cm³/mol. The van der Waals surface area contributed by atoms with E-state index in [1.165, 1.54) is 47.8 Å². The first-order valence-corrected chi connectivity index (χ1v) is 10.7. The van der Waals surface area contributed by atoms with Gasteiger partial charge in [-0.05, 0) is 55.1 Å². The molecule has 0 radical (unpaired) electrons. The largest absolute Gasteiger partial charge is 0.386 e. The Labute approximate surface area is 159 Å². The van der Waals surface area contributed by atoms with Gasteiger partial charge in [-0.2, -0.15) is 0 Å². The van der Waals surface area contributed by atoms with E-state index in [0.717, 1.165) is 30.6 Å². The molecule has 2 aromatic rings. The van der Waals surface area contributed by atoms with E-state index in [0.29, 0.717) is 6.04 Å². The van der Waals surface area contributed by atoms with E-state index in [2.05, 4.69) is 74.5 Å². The van der Waals surface area contributed by atoms with Crippen LogP contribution in [0.15, 0.2) is 42.2 Å². The highest BCUT2D eigenvalue weighted by atomic mass is 14.9. The molecule has 26 heavy (non-hydrogen) atoms. The normalized spacial score (nSPS) is 22.4. The molecule has 0 saturated heterocycles. The van der Waals surface area contributed by atoms with E-state index in [4.69, 9.17) is 0 Å². The van der Waals surface area contributed by atoms with Gasteiger partial charge in [-0.1, -0.05) is 58.4 Å². The molecule has 4 unspecified atom stereocenters. The second-order valence-electron chi connectivity index (χ2n) is 8.20. The third-order valence-electron chi connectivity index (χ3n) is 6.33. The van der Waals surface area contributed by atoms with E-state index in [1.54, 1.807) is 0 Å². The zero-order chi connectivity index (χ0) is 18.5. The van der Waals surface area contributed by atoms with Gasteiger partial charge in [0.15, 0.2) is 0 Å². The van der Waals surface area contributed by atoms with Gasteiger partial charge in [0.25, 0.3) is 0 Å². The van der Waals surface area contributed by atoms with Gasteiger partial charge in [0, 0.05) is 35.3 Å². The smallest absolute Gasteiger partial charge is 0.0456 e. The standard InChI is InChI=1S/C24H36N2/c1-5-10-21(14-19-16-25-24-12-9-8-11-22(19)24)26-20(7-3)13-18-15-23(18)17(4)6-2/h8-12,16-18,20,23,25-26H,5-7,13-15H2,1-4H3/b21-10+. The first-order chi connectivity index (χ1) is 12.7.